The zero-order chi connectivity index (χ0) is 23.8. The molecule has 10 nitrogen and oxygen atoms in total. The second kappa shape index (κ2) is 8.88. The largest absolute Gasteiger partial charge is 0.352 e. The van der Waals surface area contributed by atoms with Gasteiger partial charge in [-0.25, -0.2) is 14.6 Å². The van der Waals surface area contributed by atoms with Gasteiger partial charge in [0, 0.05) is 42.8 Å². The van der Waals surface area contributed by atoms with Crippen LogP contribution in [0.2, 0.25) is 10.0 Å². The summed E-state index contributed by atoms with van der Waals surface area (Å²) in [5, 5.41) is 17.0. The Labute approximate surface area is 203 Å². The molecule has 0 unspecified atom stereocenters. The molecule has 0 spiro atoms. The fourth-order valence-corrected chi connectivity index (χ4v) is 4.34. The van der Waals surface area contributed by atoms with E-state index in [4.69, 9.17) is 23.2 Å². The number of nitrogens with zero attached hydrogens (tertiary/aromatic N) is 7. The van der Waals surface area contributed by atoms with Crippen molar-refractivity contribution in [3.05, 3.63) is 80.7 Å². The molecule has 1 aliphatic rings. The number of nitro benzene ring substituents is 1. The smallest absolute Gasteiger partial charge is 0.288 e. The molecule has 0 bridgehead atoms. The van der Waals surface area contributed by atoms with E-state index < -0.39 is 4.92 Å². The quantitative estimate of drug-likeness (QED) is 0.309. The Kier molecular flexibility index (Phi) is 5.76. The third-order valence-corrected chi connectivity index (χ3v) is 6.21. The van der Waals surface area contributed by atoms with E-state index >= 15 is 0 Å². The van der Waals surface area contributed by atoms with Crippen molar-refractivity contribution in [2.24, 2.45) is 0 Å². The van der Waals surface area contributed by atoms with Gasteiger partial charge < -0.3 is 9.80 Å². The van der Waals surface area contributed by atoms with Gasteiger partial charge in [-0.2, -0.15) is 5.10 Å². The van der Waals surface area contributed by atoms with Crippen LogP contribution in [0.3, 0.4) is 0 Å². The number of halogens is 2. The molecule has 0 radical (unpaired) electrons. The van der Waals surface area contributed by atoms with Gasteiger partial charge in [0.05, 0.1) is 22.2 Å². The van der Waals surface area contributed by atoms with Crippen LogP contribution in [0, 0.1) is 10.1 Å². The van der Waals surface area contributed by atoms with Crippen LogP contribution in [0.25, 0.3) is 16.7 Å². The van der Waals surface area contributed by atoms with Crippen molar-refractivity contribution < 1.29 is 9.72 Å². The molecule has 2 aromatic heterocycles. The van der Waals surface area contributed by atoms with Crippen molar-refractivity contribution in [2.45, 2.75) is 0 Å². The van der Waals surface area contributed by atoms with Gasteiger partial charge in [-0.15, -0.1) is 0 Å². The van der Waals surface area contributed by atoms with Crippen LogP contribution in [0.5, 0.6) is 0 Å². The monoisotopic (exact) mass is 497 g/mol. The van der Waals surface area contributed by atoms with E-state index in [1.165, 1.54) is 24.5 Å². The number of carbonyl (C=O) groups excluding carboxylic acids is 1. The summed E-state index contributed by atoms with van der Waals surface area (Å²) in [7, 11) is 0. The Bertz CT molecular complexity index is 1420. The third kappa shape index (κ3) is 4.02. The van der Waals surface area contributed by atoms with Gasteiger partial charge >= 0.3 is 0 Å². The summed E-state index contributed by atoms with van der Waals surface area (Å²) in [4.78, 5) is 36.1. The first-order valence-corrected chi connectivity index (χ1v) is 11.1. The molecule has 2 aromatic carbocycles. The van der Waals surface area contributed by atoms with Gasteiger partial charge in [-0.05, 0) is 30.3 Å². The molecular weight excluding hydrogens is 481 g/mol. The van der Waals surface area contributed by atoms with Crippen LogP contribution < -0.4 is 4.90 Å². The molecule has 0 N–H and O–H groups in total. The molecule has 34 heavy (non-hydrogen) atoms. The molecule has 3 heterocycles. The van der Waals surface area contributed by atoms with Crippen molar-refractivity contribution in [3.63, 3.8) is 0 Å². The van der Waals surface area contributed by atoms with Crippen molar-refractivity contribution in [1.82, 2.24) is 24.6 Å². The topological polar surface area (TPSA) is 110 Å². The second-order valence-corrected chi connectivity index (χ2v) is 8.52. The Hall–Kier alpha value is -3.76. The van der Waals surface area contributed by atoms with E-state index in [2.05, 4.69) is 20.0 Å². The number of amides is 1. The molecule has 172 valence electrons. The molecule has 0 atom stereocenters. The predicted octanol–water partition coefficient (Wildman–Crippen LogP) is 3.99. The molecule has 4 aromatic rings. The third-order valence-electron chi connectivity index (χ3n) is 5.65. The highest BCUT2D eigenvalue weighted by molar-refractivity contribution is 6.32. The first-order valence-electron chi connectivity index (χ1n) is 10.4. The van der Waals surface area contributed by atoms with Gasteiger partial charge in [0.1, 0.15) is 17.2 Å². The van der Waals surface area contributed by atoms with Gasteiger partial charge in [-0.3, -0.25) is 14.9 Å². The van der Waals surface area contributed by atoms with Crippen LogP contribution in [-0.2, 0) is 0 Å². The normalized spacial score (nSPS) is 13.9. The van der Waals surface area contributed by atoms with Crippen LogP contribution in [0.4, 0.5) is 11.5 Å². The lowest BCUT2D eigenvalue weighted by Crippen LogP contribution is -2.49. The summed E-state index contributed by atoms with van der Waals surface area (Å²) in [6, 6.07) is 11.4. The average molecular weight is 498 g/mol. The Morgan fingerprint density at radius 1 is 1.03 bits per heavy atom. The minimum atomic E-state index is -0.596. The molecule has 0 aliphatic carbocycles. The van der Waals surface area contributed by atoms with Crippen molar-refractivity contribution in [3.8, 4) is 5.69 Å². The molecule has 12 heteroatoms. The zero-order valence-corrected chi connectivity index (χ0v) is 19.1. The number of benzene rings is 2. The maximum atomic E-state index is 12.9. The van der Waals surface area contributed by atoms with E-state index in [1.54, 1.807) is 27.9 Å². The Morgan fingerprint density at radius 2 is 1.82 bits per heavy atom. The maximum Gasteiger partial charge on any atom is 0.288 e. The summed E-state index contributed by atoms with van der Waals surface area (Å²) in [6.07, 6.45) is 3.21. The highest BCUT2D eigenvalue weighted by Crippen LogP contribution is 2.28. The minimum Gasteiger partial charge on any atom is -0.352 e. The Morgan fingerprint density at radius 3 is 2.56 bits per heavy atom. The number of carbonyl (C=O) groups is 1. The summed E-state index contributed by atoms with van der Waals surface area (Å²) in [6.45, 7) is 1.94. The van der Waals surface area contributed by atoms with Crippen molar-refractivity contribution in [1.29, 1.82) is 0 Å². The van der Waals surface area contributed by atoms with E-state index in [9.17, 15) is 14.9 Å². The number of nitro groups is 1. The van der Waals surface area contributed by atoms with E-state index in [0.717, 1.165) is 16.9 Å². The van der Waals surface area contributed by atoms with Crippen molar-refractivity contribution >= 4 is 51.6 Å². The SMILES string of the molecule is O=C(c1ccc(Cl)c([N+](=O)[O-])c1)N1CCN(c2ncnc3c2cnn3-c2cccc(Cl)c2)CC1. The number of hydrogen-bond donors (Lipinski definition) is 0. The van der Waals surface area contributed by atoms with Gasteiger partial charge in [-0.1, -0.05) is 29.3 Å². The Balaban J connectivity index is 1.35. The summed E-state index contributed by atoms with van der Waals surface area (Å²) in [5.74, 6) is 0.452. The highest BCUT2D eigenvalue weighted by atomic mass is 35.5. The van der Waals surface area contributed by atoms with Crippen LogP contribution in [0.1, 0.15) is 10.4 Å². The molecular formula is C22H17Cl2N7O3. The maximum absolute atomic E-state index is 12.9. The molecule has 0 saturated carbocycles. The van der Waals surface area contributed by atoms with E-state index in [0.29, 0.717) is 36.8 Å². The molecule has 5 rings (SSSR count). The summed E-state index contributed by atoms with van der Waals surface area (Å²) < 4.78 is 1.71. The number of anilines is 1. The minimum absolute atomic E-state index is 0.00234. The van der Waals surface area contributed by atoms with Gasteiger partial charge in [0.25, 0.3) is 11.6 Å². The molecule has 1 saturated heterocycles. The van der Waals surface area contributed by atoms with Crippen LogP contribution in [-0.4, -0.2) is 61.7 Å². The summed E-state index contributed by atoms with van der Waals surface area (Å²) in [5.41, 5.74) is 1.39. The van der Waals surface area contributed by atoms with Crippen LogP contribution in [0.15, 0.2) is 55.0 Å². The number of rotatable bonds is 4. The summed E-state index contributed by atoms with van der Waals surface area (Å²) >= 11 is 12.0. The zero-order valence-electron chi connectivity index (χ0n) is 17.6. The number of piperazine rings is 1. The van der Waals surface area contributed by atoms with Crippen LogP contribution >= 0.6 is 23.2 Å². The lowest BCUT2D eigenvalue weighted by Gasteiger charge is -2.35. The fourth-order valence-electron chi connectivity index (χ4n) is 3.97. The number of hydrogen-bond acceptors (Lipinski definition) is 7. The first kappa shape index (κ1) is 22.1. The lowest BCUT2D eigenvalue weighted by atomic mass is 10.1. The average Bonchev–Trinajstić information content (AvgIpc) is 3.28. The van der Waals surface area contributed by atoms with Gasteiger partial charge in [0.15, 0.2) is 5.65 Å². The van der Waals surface area contributed by atoms with E-state index in [-0.39, 0.29) is 22.2 Å². The van der Waals surface area contributed by atoms with E-state index in [1.807, 2.05) is 12.1 Å². The standard InChI is InChI=1S/C22H17Cl2N7O3/c23-15-2-1-3-16(11-15)30-21-17(12-27-30)20(25-13-26-21)28-6-8-29(9-7-28)22(32)14-4-5-18(24)19(10-14)31(33)34/h1-5,10-13H,6-9H2. The molecule has 1 fully saturated rings. The van der Waals surface area contributed by atoms with Gasteiger partial charge in [0.2, 0.25) is 0 Å². The number of fused-ring (bicyclic) bond motifs is 1. The lowest BCUT2D eigenvalue weighted by molar-refractivity contribution is -0.384. The first-order chi connectivity index (χ1) is 16.4. The van der Waals surface area contributed by atoms with Crippen molar-refractivity contribution in [2.75, 3.05) is 31.1 Å². The fraction of sp³-hybridized carbons (Fsp3) is 0.182. The molecule has 1 amide bonds. The second-order valence-electron chi connectivity index (χ2n) is 7.67. The number of aromatic nitrogens is 4. The predicted molar refractivity (Wildman–Crippen MR) is 128 cm³/mol. The molecule has 1 aliphatic heterocycles. The highest BCUT2D eigenvalue weighted by Gasteiger charge is 2.26.